The van der Waals surface area contributed by atoms with Crippen LogP contribution in [0.3, 0.4) is 0 Å². The van der Waals surface area contributed by atoms with E-state index in [1.165, 1.54) is 25.7 Å². The van der Waals surface area contributed by atoms with Gasteiger partial charge in [-0.05, 0) is 40.9 Å². The molecule has 1 saturated heterocycles. The van der Waals surface area contributed by atoms with Crippen LogP contribution in [0, 0.1) is 0 Å². The van der Waals surface area contributed by atoms with Gasteiger partial charge >= 0.3 is 0 Å². The van der Waals surface area contributed by atoms with Gasteiger partial charge in [0.25, 0.3) is 0 Å². The predicted molar refractivity (Wildman–Crippen MR) is 92.3 cm³/mol. The molecular weight excluding hydrogens is 344 g/mol. The fraction of sp³-hybridized carbons (Fsp3) is 0.400. The molecule has 0 aromatic carbocycles. The van der Waals surface area contributed by atoms with Crippen LogP contribution in [0.2, 0.25) is 0 Å². The van der Waals surface area contributed by atoms with Gasteiger partial charge in [-0.3, -0.25) is 0 Å². The monoisotopic (exact) mass is 362 g/mol. The molecule has 3 heterocycles. The Morgan fingerprint density at radius 1 is 1.05 bits per heavy atom. The Morgan fingerprint density at radius 3 is 2.50 bits per heavy atom. The molecule has 0 amide bonds. The SMILES string of the molecule is Nc1c(Nc2ccc(Br)cn2)ncnc1N1CCCCCC1. The van der Waals surface area contributed by atoms with E-state index in [-0.39, 0.29) is 0 Å². The lowest BCUT2D eigenvalue weighted by Gasteiger charge is -2.23. The van der Waals surface area contributed by atoms with E-state index >= 15 is 0 Å². The molecule has 1 aliphatic heterocycles. The molecule has 3 rings (SSSR count). The number of aromatic nitrogens is 3. The molecule has 0 atom stereocenters. The van der Waals surface area contributed by atoms with Gasteiger partial charge in [0.05, 0.1) is 0 Å². The predicted octanol–water partition coefficient (Wildman–Crippen LogP) is 3.34. The highest BCUT2D eigenvalue weighted by Crippen LogP contribution is 2.29. The molecule has 0 radical (unpaired) electrons. The summed E-state index contributed by atoms with van der Waals surface area (Å²) in [4.78, 5) is 15.2. The van der Waals surface area contributed by atoms with E-state index < -0.39 is 0 Å². The molecule has 1 aliphatic rings. The van der Waals surface area contributed by atoms with Crippen LogP contribution >= 0.6 is 15.9 Å². The normalized spacial score (nSPS) is 15.4. The molecule has 0 spiro atoms. The largest absolute Gasteiger partial charge is 0.393 e. The summed E-state index contributed by atoms with van der Waals surface area (Å²) in [5.74, 6) is 2.12. The molecule has 0 unspecified atom stereocenters. The summed E-state index contributed by atoms with van der Waals surface area (Å²) in [5.41, 5.74) is 6.85. The number of hydrogen-bond acceptors (Lipinski definition) is 6. The minimum absolute atomic E-state index is 0.578. The van der Waals surface area contributed by atoms with Crippen molar-refractivity contribution in [2.45, 2.75) is 25.7 Å². The number of halogens is 1. The summed E-state index contributed by atoms with van der Waals surface area (Å²) in [6.45, 7) is 1.99. The van der Waals surface area contributed by atoms with Crippen molar-refractivity contribution in [1.29, 1.82) is 0 Å². The molecular formula is C15H19BrN6. The van der Waals surface area contributed by atoms with Crippen LogP contribution in [0.15, 0.2) is 29.1 Å². The zero-order valence-electron chi connectivity index (χ0n) is 12.3. The van der Waals surface area contributed by atoms with Crippen molar-refractivity contribution in [3.63, 3.8) is 0 Å². The van der Waals surface area contributed by atoms with Gasteiger partial charge in [0.1, 0.15) is 17.8 Å². The van der Waals surface area contributed by atoms with E-state index in [2.05, 4.69) is 41.1 Å². The fourth-order valence-electron chi connectivity index (χ4n) is 2.59. The summed E-state index contributed by atoms with van der Waals surface area (Å²) in [5, 5.41) is 3.16. The standard InChI is InChI=1S/C15H19BrN6/c16-11-5-6-12(18-9-11)21-14-13(17)15(20-10-19-14)22-7-3-1-2-4-8-22/h5-6,9-10H,1-4,7-8,17H2,(H,18,19,20,21). The first-order valence-electron chi connectivity index (χ1n) is 7.48. The molecule has 2 aromatic heterocycles. The number of pyridine rings is 1. The zero-order chi connectivity index (χ0) is 15.4. The highest BCUT2D eigenvalue weighted by atomic mass is 79.9. The fourth-order valence-corrected chi connectivity index (χ4v) is 2.83. The van der Waals surface area contributed by atoms with Gasteiger partial charge in [-0.1, -0.05) is 12.8 Å². The summed E-state index contributed by atoms with van der Waals surface area (Å²) in [7, 11) is 0. The maximum atomic E-state index is 6.28. The first-order chi connectivity index (χ1) is 10.7. The van der Waals surface area contributed by atoms with Crippen molar-refractivity contribution < 1.29 is 0 Å². The molecule has 116 valence electrons. The number of rotatable bonds is 3. The molecule has 0 aliphatic carbocycles. The Balaban J connectivity index is 1.83. The summed E-state index contributed by atoms with van der Waals surface area (Å²) < 4.78 is 0.930. The van der Waals surface area contributed by atoms with Crippen LogP contribution in [-0.2, 0) is 0 Å². The summed E-state index contributed by atoms with van der Waals surface area (Å²) in [6.07, 6.45) is 8.19. The van der Waals surface area contributed by atoms with Crippen LogP contribution in [-0.4, -0.2) is 28.0 Å². The van der Waals surface area contributed by atoms with E-state index in [4.69, 9.17) is 5.73 Å². The maximum absolute atomic E-state index is 6.28. The molecule has 6 nitrogen and oxygen atoms in total. The number of nitrogens with zero attached hydrogens (tertiary/aromatic N) is 4. The zero-order valence-corrected chi connectivity index (χ0v) is 13.9. The minimum Gasteiger partial charge on any atom is -0.393 e. The number of nitrogens with one attached hydrogen (secondary N) is 1. The average Bonchev–Trinajstić information content (AvgIpc) is 2.81. The Bertz CT molecular complexity index is 622. The second-order valence-corrected chi connectivity index (χ2v) is 6.26. The van der Waals surface area contributed by atoms with Gasteiger partial charge in [0.2, 0.25) is 0 Å². The number of hydrogen-bond donors (Lipinski definition) is 2. The second-order valence-electron chi connectivity index (χ2n) is 5.35. The van der Waals surface area contributed by atoms with Gasteiger partial charge in [-0.15, -0.1) is 0 Å². The Kier molecular flexibility index (Phi) is 4.72. The van der Waals surface area contributed by atoms with Gasteiger partial charge in [-0.2, -0.15) is 0 Å². The van der Waals surface area contributed by atoms with Gasteiger partial charge in [0, 0.05) is 23.8 Å². The van der Waals surface area contributed by atoms with Gasteiger partial charge < -0.3 is 16.0 Å². The van der Waals surface area contributed by atoms with Crippen molar-refractivity contribution >= 4 is 39.1 Å². The minimum atomic E-state index is 0.578. The quantitative estimate of drug-likeness (QED) is 0.871. The molecule has 2 aromatic rings. The molecule has 0 bridgehead atoms. The van der Waals surface area contributed by atoms with Crippen LogP contribution in [0.25, 0.3) is 0 Å². The van der Waals surface area contributed by atoms with E-state index in [1.807, 2.05) is 12.1 Å². The Morgan fingerprint density at radius 2 is 1.82 bits per heavy atom. The summed E-state index contributed by atoms with van der Waals surface area (Å²) in [6, 6.07) is 3.79. The first-order valence-corrected chi connectivity index (χ1v) is 8.27. The van der Waals surface area contributed by atoms with Crippen LogP contribution in [0.1, 0.15) is 25.7 Å². The molecule has 1 fully saturated rings. The van der Waals surface area contributed by atoms with Gasteiger partial charge in [-0.25, -0.2) is 15.0 Å². The maximum Gasteiger partial charge on any atom is 0.160 e. The summed E-state index contributed by atoms with van der Waals surface area (Å²) >= 11 is 3.37. The van der Waals surface area contributed by atoms with Crippen molar-refractivity contribution in [3.05, 3.63) is 29.1 Å². The number of nitrogen functional groups attached to an aromatic ring is 1. The Labute approximate surface area is 138 Å². The number of anilines is 4. The lowest BCUT2D eigenvalue weighted by atomic mass is 10.2. The number of nitrogens with two attached hydrogens (primary N) is 1. The third-order valence-corrected chi connectivity index (χ3v) is 4.21. The lowest BCUT2D eigenvalue weighted by Crippen LogP contribution is -2.26. The Hall–Kier alpha value is -1.89. The first kappa shape index (κ1) is 15.0. The molecule has 3 N–H and O–H groups in total. The molecule has 22 heavy (non-hydrogen) atoms. The van der Waals surface area contributed by atoms with E-state index in [0.717, 1.165) is 23.4 Å². The van der Waals surface area contributed by atoms with E-state index in [0.29, 0.717) is 17.3 Å². The highest BCUT2D eigenvalue weighted by Gasteiger charge is 2.16. The van der Waals surface area contributed by atoms with Crippen molar-refractivity contribution in [3.8, 4) is 0 Å². The topological polar surface area (TPSA) is 80.0 Å². The van der Waals surface area contributed by atoms with Crippen molar-refractivity contribution in [1.82, 2.24) is 15.0 Å². The molecule has 7 heteroatoms. The smallest absolute Gasteiger partial charge is 0.160 e. The van der Waals surface area contributed by atoms with Crippen molar-refractivity contribution in [2.75, 3.05) is 29.0 Å². The van der Waals surface area contributed by atoms with E-state index in [9.17, 15) is 0 Å². The average molecular weight is 363 g/mol. The van der Waals surface area contributed by atoms with Crippen molar-refractivity contribution in [2.24, 2.45) is 0 Å². The van der Waals surface area contributed by atoms with Crippen LogP contribution in [0.4, 0.5) is 23.1 Å². The lowest BCUT2D eigenvalue weighted by molar-refractivity contribution is 0.726. The van der Waals surface area contributed by atoms with Crippen LogP contribution in [0.5, 0.6) is 0 Å². The van der Waals surface area contributed by atoms with E-state index in [1.54, 1.807) is 12.5 Å². The van der Waals surface area contributed by atoms with Gasteiger partial charge in [0.15, 0.2) is 11.6 Å². The third kappa shape index (κ3) is 3.47. The second kappa shape index (κ2) is 6.91. The molecule has 0 saturated carbocycles. The third-order valence-electron chi connectivity index (χ3n) is 3.74. The van der Waals surface area contributed by atoms with Crippen LogP contribution < -0.4 is 16.0 Å². The highest BCUT2D eigenvalue weighted by molar-refractivity contribution is 9.10.